The molecule has 0 saturated carbocycles. The Labute approximate surface area is 199 Å². The van der Waals surface area contributed by atoms with Gasteiger partial charge in [-0.2, -0.15) is 0 Å². The molecular formula is C24H30N4O5S. The van der Waals surface area contributed by atoms with Crippen LogP contribution in [0.25, 0.3) is 10.9 Å². The first-order valence-electron chi connectivity index (χ1n) is 11.3. The zero-order valence-corrected chi connectivity index (χ0v) is 19.9. The first-order valence-corrected chi connectivity index (χ1v) is 12.7. The Kier molecular flexibility index (Phi) is 7.40. The summed E-state index contributed by atoms with van der Waals surface area (Å²) >= 11 is 0. The second-order valence-electron chi connectivity index (χ2n) is 8.26. The smallest absolute Gasteiger partial charge is 0.290 e. The van der Waals surface area contributed by atoms with Gasteiger partial charge in [0.15, 0.2) is 0 Å². The normalized spacial score (nSPS) is 18.6. The summed E-state index contributed by atoms with van der Waals surface area (Å²) in [6.07, 6.45) is 2.82. The Bertz CT molecular complexity index is 1240. The van der Waals surface area contributed by atoms with E-state index >= 15 is 0 Å². The Morgan fingerprint density at radius 3 is 2.50 bits per heavy atom. The third-order valence-electron chi connectivity index (χ3n) is 6.35. The molecule has 5 rings (SSSR count). The van der Waals surface area contributed by atoms with Crippen molar-refractivity contribution >= 4 is 38.8 Å². The van der Waals surface area contributed by atoms with Crippen molar-refractivity contribution in [1.29, 1.82) is 0 Å². The molecule has 182 valence electrons. The number of benzene rings is 2. The van der Waals surface area contributed by atoms with Crippen LogP contribution in [0.1, 0.15) is 6.42 Å². The van der Waals surface area contributed by atoms with Crippen LogP contribution < -0.4 is 15.1 Å². The quantitative estimate of drug-likeness (QED) is 0.529. The van der Waals surface area contributed by atoms with Crippen LogP contribution in [0.4, 0.5) is 11.4 Å². The lowest BCUT2D eigenvalue weighted by Crippen LogP contribution is -2.43. The monoisotopic (exact) mass is 486 g/mol. The van der Waals surface area contributed by atoms with E-state index in [2.05, 4.69) is 21.2 Å². The van der Waals surface area contributed by atoms with Gasteiger partial charge in [0.2, 0.25) is 0 Å². The fourth-order valence-electron chi connectivity index (χ4n) is 4.63. The maximum absolute atomic E-state index is 13.6. The number of piperazine rings is 1. The Balaban J connectivity index is 0.000000868. The highest BCUT2D eigenvalue weighted by Crippen LogP contribution is 2.31. The Morgan fingerprint density at radius 2 is 1.79 bits per heavy atom. The molecule has 1 aromatic heterocycles. The van der Waals surface area contributed by atoms with E-state index in [1.54, 1.807) is 25.4 Å². The SMILES string of the molecule is CO[C@H]1CCN(c2cccc(S(=O)(=O)n3ccc4c(N5CCNCC5)cccc43)c2)C1.O=CO. The number of hydrogen-bond acceptors (Lipinski definition) is 7. The van der Waals surface area contributed by atoms with Gasteiger partial charge >= 0.3 is 0 Å². The highest BCUT2D eigenvalue weighted by Gasteiger charge is 2.25. The molecule has 9 nitrogen and oxygen atoms in total. The minimum atomic E-state index is -3.71. The molecule has 10 heteroatoms. The predicted octanol–water partition coefficient (Wildman–Crippen LogP) is 2.21. The van der Waals surface area contributed by atoms with Gasteiger partial charge in [-0.15, -0.1) is 0 Å². The molecule has 0 amide bonds. The minimum Gasteiger partial charge on any atom is -0.483 e. The van der Waals surface area contributed by atoms with Crippen LogP contribution in [0.5, 0.6) is 0 Å². The molecule has 1 atom stereocenters. The predicted molar refractivity (Wildman–Crippen MR) is 132 cm³/mol. The first-order chi connectivity index (χ1) is 16.5. The molecule has 2 aliphatic rings. The molecule has 0 radical (unpaired) electrons. The average Bonchev–Trinajstić information content (AvgIpc) is 3.53. The van der Waals surface area contributed by atoms with Crippen LogP contribution in [-0.4, -0.2) is 76.5 Å². The fraction of sp³-hybridized carbons (Fsp3) is 0.375. The summed E-state index contributed by atoms with van der Waals surface area (Å²) in [6.45, 7) is 5.09. The number of methoxy groups -OCH3 is 1. The number of nitrogens with zero attached hydrogens (tertiary/aromatic N) is 3. The van der Waals surface area contributed by atoms with Crippen LogP contribution >= 0.6 is 0 Å². The maximum Gasteiger partial charge on any atom is 0.290 e. The van der Waals surface area contributed by atoms with Crippen molar-refractivity contribution in [3.8, 4) is 0 Å². The standard InChI is InChI=1S/C23H28N4O3S.CH2O2/c1-30-19-8-12-26(17-19)18-4-2-5-20(16-18)31(28,29)27-13-9-21-22(6-3-7-23(21)27)25-14-10-24-11-15-25;2-1-3/h2-7,9,13,16,19,24H,8,10-12,14-15,17H2,1H3;1H,(H,2,3)/t19-;/m0./s1. The summed E-state index contributed by atoms with van der Waals surface area (Å²) < 4.78 is 34.0. The number of fused-ring (bicyclic) bond motifs is 1. The van der Waals surface area contributed by atoms with E-state index in [0.717, 1.165) is 62.5 Å². The highest BCUT2D eigenvalue weighted by atomic mass is 32.2. The largest absolute Gasteiger partial charge is 0.483 e. The fourth-order valence-corrected chi connectivity index (χ4v) is 6.01. The highest BCUT2D eigenvalue weighted by molar-refractivity contribution is 7.90. The number of carbonyl (C=O) groups is 1. The first kappa shape index (κ1) is 24.1. The van der Waals surface area contributed by atoms with E-state index in [-0.39, 0.29) is 12.6 Å². The third-order valence-corrected chi connectivity index (χ3v) is 8.04. The van der Waals surface area contributed by atoms with Gasteiger partial charge in [-0.05, 0) is 42.8 Å². The van der Waals surface area contributed by atoms with E-state index in [9.17, 15) is 8.42 Å². The van der Waals surface area contributed by atoms with Gasteiger partial charge in [0.1, 0.15) is 0 Å². The topological polar surface area (TPSA) is 104 Å². The Morgan fingerprint density at radius 1 is 1.06 bits per heavy atom. The molecule has 34 heavy (non-hydrogen) atoms. The van der Waals surface area contributed by atoms with Gasteiger partial charge < -0.3 is 25.0 Å². The molecule has 2 fully saturated rings. The van der Waals surface area contributed by atoms with Gasteiger partial charge in [0.25, 0.3) is 16.5 Å². The molecule has 2 saturated heterocycles. The summed E-state index contributed by atoms with van der Waals surface area (Å²) in [6, 6.07) is 15.0. The van der Waals surface area contributed by atoms with Gasteiger partial charge in [-0.3, -0.25) is 4.79 Å². The van der Waals surface area contributed by atoms with Crippen LogP contribution in [0.3, 0.4) is 0 Å². The van der Waals surface area contributed by atoms with Crippen LogP contribution in [-0.2, 0) is 19.6 Å². The minimum absolute atomic E-state index is 0.192. The van der Waals surface area contributed by atoms with Crippen molar-refractivity contribution in [2.24, 2.45) is 0 Å². The van der Waals surface area contributed by atoms with Gasteiger partial charge in [0, 0.05) is 69.3 Å². The second kappa shape index (κ2) is 10.5. The molecule has 2 aromatic carbocycles. The second-order valence-corrected chi connectivity index (χ2v) is 10.1. The maximum atomic E-state index is 13.6. The van der Waals surface area contributed by atoms with E-state index < -0.39 is 10.0 Å². The van der Waals surface area contributed by atoms with Crippen LogP contribution in [0, 0.1) is 0 Å². The van der Waals surface area contributed by atoms with Crippen molar-refractivity contribution in [2.75, 3.05) is 56.2 Å². The van der Waals surface area contributed by atoms with Crippen LogP contribution in [0.2, 0.25) is 0 Å². The van der Waals surface area contributed by atoms with E-state index in [1.807, 2.05) is 30.3 Å². The lowest BCUT2D eigenvalue weighted by Gasteiger charge is -2.30. The molecule has 0 bridgehead atoms. The Hall–Kier alpha value is -3.08. The van der Waals surface area contributed by atoms with Crippen LogP contribution in [0.15, 0.2) is 59.6 Å². The lowest BCUT2D eigenvalue weighted by molar-refractivity contribution is -0.122. The average molecular weight is 487 g/mol. The number of hydrogen-bond donors (Lipinski definition) is 2. The summed E-state index contributed by atoms with van der Waals surface area (Å²) in [5, 5.41) is 11.2. The molecular weight excluding hydrogens is 456 g/mol. The number of rotatable bonds is 5. The molecule has 2 N–H and O–H groups in total. The zero-order valence-electron chi connectivity index (χ0n) is 19.1. The zero-order chi connectivity index (χ0) is 24.1. The summed E-state index contributed by atoms with van der Waals surface area (Å²) in [7, 11) is -1.99. The van der Waals surface area contributed by atoms with Crippen molar-refractivity contribution in [3.05, 3.63) is 54.7 Å². The molecule has 0 unspecified atom stereocenters. The number of aromatic nitrogens is 1. The summed E-state index contributed by atoms with van der Waals surface area (Å²) in [4.78, 5) is 13.2. The van der Waals surface area contributed by atoms with Gasteiger partial charge in [-0.1, -0.05) is 12.1 Å². The number of anilines is 2. The molecule has 2 aliphatic heterocycles. The van der Waals surface area contributed by atoms with Crippen molar-refractivity contribution in [2.45, 2.75) is 17.4 Å². The number of nitrogens with one attached hydrogen (secondary N) is 1. The van der Waals surface area contributed by atoms with E-state index in [4.69, 9.17) is 14.6 Å². The molecule has 3 heterocycles. The lowest BCUT2D eigenvalue weighted by atomic mass is 10.2. The van der Waals surface area contributed by atoms with Gasteiger partial charge in [-0.25, -0.2) is 12.4 Å². The molecule has 0 aliphatic carbocycles. The summed E-state index contributed by atoms with van der Waals surface area (Å²) in [5.74, 6) is 0. The van der Waals surface area contributed by atoms with Crippen molar-refractivity contribution < 1.29 is 23.1 Å². The summed E-state index contributed by atoms with van der Waals surface area (Å²) in [5.41, 5.74) is 2.71. The van der Waals surface area contributed by atoms with E-state index in [0.29, 0.717) is 10.4 Å². The molecule has 3 aromatic rings. The van der Waals surface area contributed by atoms with Gasteiger partial charge in [0.05, 0.1) is 16.5 Å². The molecule has 0 spiro atoms. The van der Waals surface area contributed by atoms with Crippen molar-refractivity contribution in [1.82, 2.24) is 9.29 Å². The van der Waals surface area contributed by atoms with E-state index in [1.165, 1.54) is 3.97 Å². The van der Waals surface area contributed by atoms with Crippen molar-refractivity contribution in [3.63, 3.8) is 0 Å². The third kappa shape index (κ3) is 4.75. The number of ether oxygens (including phenoxy) is 1. The number of carboxylic acid groups (broad SMARTS) is 1.